The highest BCUT2D eigenvalue weighted by Crippen LogP contribution is 2.31. The molecular weight excluding hydrogens is 374 g/mol. The first-order valence-electron chi connectivity index (χ1n) is 6.58. The summed E-state index contributed by atoms with van der Waals surface area (Å²) in [6.07, 6.45) is 1.92. The van der Waals surface area contributed by atoms with Gasteiger partial charge in [-0.25, -0.2) is 17.5 Å². The fourth-order valence-electron chi connectivity index (χ4n) is 2.40. The molecule has 2 N–H and O–H groups in total. The Morgan fingerprint density at radius 3 is 2.45 bits per heavy atom. The van der Waals surface area contributed by atoms with Gasteiger partial charge in [0.05, 0.1) is 10.0 Å². The number of halogens is 4. The molecule has 126 valence electrons. The second-order valence-electron chi connectivity index (χ2n) is 5.61. The molecule has 0 radical (unpaired) electrons. The SMILES string of the molecule is CC1(CNS(=O)(=O)c2c(Cl)cc(F)cc2Cl)CCCNC1.Cl. The molecule has 0 spiro atoms. The van der Waals surface area contributed by atoms with Gasteiger partial charge in [-0.05, 0) is 36.9 Å². The van der Waals surface area contributed by atoms with Crippen molar-refractivity contribution in [3.8, 4) is 0 Å². The molecule has 2 rings (SSSR count). The van der Waals surface area contributed by atoms with Gasteiger partial charge in [0.2, 0.25) is 10.0 Å². The first-order chi connectivity index (χ1) is 9.73. The summed E-state index contributed by atoms with van der Waals surface area (Å²) in [5.74, 6) is -0.674. The van der Waals surface area contributed by atoms with Crippen LogP contribution in [0.25, 0.3) is 0 Å². The van der Waals surface area contributed by atoms with Crippen LogP contribution in [-0.4, -0.2) is 28.1 Å². The standard InChI is InChI=1S/C13H17Cl2FN2O2S.ClH/c1-13(3-2-4-17-7-13)8-18-21(19,20)12-10(14)5-9(16)6-11(12)15;/h5-6,17-18H,2-4,7-8H2,1H3;1H. The van der Waals surface area contributed by atoms with E-state index in [1.807, 2.05) is 6.92 Å². The molecule has 0 aliphatic carbocycles. The minimum Gasteiger partial charge on any atom is -0.316 e. The Kier molecular flexibility index (Phi) is 6.92. The van der Waals surface area contributed by atoms with Crippen LogP contribution in [0.3, 0.4) is 0 Å². The minimum absolute atomic E-state index is 0. The molecule has 9 heteroatoms. The highest BCUT2D eigenvalue weighted by Gasteiger charge is 2.30. The van der Waals surface area contributed by atoms with Crippen molar-refractivity contribution in [1.29, 1.82) is 0 Å². The Morgan fingerprint density at radius 2 is 1.95 bits per heavy atom. The molecule has 0 aromatic heterocycles. The highest BCUT2D eigenvalue weighted by molar-refractivity contribution is 7.89. The smallest absolute Gasteiger partial charge is 0.243 e. The third kappa shape index (κ3) is 4.69. The molecule has 4 nitrogen and oxygen atoms in total. The van der Waals surface area contributed by atoms with Crippen molar-refractivity contribution in [2.24, 2.45) is 5.41 Å². The van der Waals surface area contributed by atoms with Gasteiger partial charge in [0.1, 0.15) is 10.7 Å². The lowest BCUT2D eigenvalue weighted by Crippen LogP contribution is -2.45. The predicted molar refractivity (Wildman–Crippen MR) is 89.1 cm³/mol. The van der Waals surface area contributed by atoms with Crippen molar-refractivity contribution in [1.82, 2.24) is 10.0 Å². The third-order valence-corrected chi connectivity index (χ3v) is 5.93. The van der Waals surface area contributed by atoms with Gasteiger partial charge in [-0.2, -0.15) is 0 Å². The molecule has 1 fully saturated rings. The average molecular weight is 392 g/mol. The molecular formula is C13H18Cl3FN2O2S. The van der Waals surface area contributed by atoms with Gasteiger partial charge >= 0.3 is 0 Å². The molecule has 0 saturated carbocycles. The summed E-state index contributed by atoms with van der Waals surface area (Å²) >= 11 is 11.6. The van der Waals surface area contributed by atoms with Gasteiger partial charge in [0, 0.05) is 13.1 Å². The van der Waals surface area contributed by atoms with E-state index in [2.05, 4.69) is 10.0 Å². The molecule has 1 aliphatic rings. The van der Waals surface area contributed by atoms with Gasteiger partial charge in [-0.15, -0.1) is 12.4 Å². The Hall–Kier alpha value is -0.110. The van der Waals surface area contributed by atoms with Crippen LogP contribution in [0.1, 0.15) is 19.8 Å². The van der Waals surface area contributed by atoms with E-state index >= 15 is 0 Å². The Labute approximate surface area is 146 Å². The molecule has 0 bridgehead atoms. The largest absolute Gasteiger partial charge is 0.316 e. The lowest BCUT2D eigenvalue weighted by Gasteiger charge is -2.34. The van der Waals surface area contributed by atoms with Crippen molar-refractivity contribution < 1.29 is 12.8 Å². The van der Waals surface area contributed by atoms with Crippen LogP contribution in [0.2, 0.25) is 10.0 Å². The number of nitrogens with one attached hydrogen (secondary N) is 2. The summed E-state index contributed by atoms with van der Waals surface area (Å²) in [7, 11) is -3.88. The van der Waals surface area contributed by atoms with Crippen molar-refractivity contribution in [3.05, 3.63) is 28.0 Å². The Balaban J connectivity index is 0.00000242. The van der Waals surface area contributed by atoms with Gasteiger partial charge in [-0.1, -0.05) is 30.1 Å². The second-order valence-corrected chi connectivity index (χ2v) is 8.13. The number of benzene rings is 1. The number of hydrogen-bond acceptors (Lipinski definition) is 3. The lowest BCUT2D eigenvalue weighted by molar-refractivity contribution is 0.238. The van der Waals surface area contributed by atoms with Crippen LogP contribution in [0, 0.1) is 11.2 Å². The third-order valence-electron chi connectivity index (χ3n) is 3.61. The Bertz CT molecular complexity index is 611. The van der Waals surface area contributed by atoms with Gasteiger partial charge in [-0.3, -0.25) is 0 Å². The summed E-state index contributed by atoms with van der Waals surface area (Å²) < 4.78 is 40.4. The maximum Gasteiger partial charge on any atom is 0.243 e. The quantitative estimate of drug-likeness (QED) is 0.828. The molecule has 0 amide bonds. The lowest BCUT2D eigenvalue weighted by atomic mass is 9.83. The van der Waals surface area contributed by atoms with E-state index in [-0.39, 0.29) is 39.3 Å². The van der Waals surface area contributed by atoms with Crippen LogP contribution in [0.4, 0.5) is 4.39 Å². The second kappa shape index (κ2) is 7.64. The molecule has 22 heavy (non-hydrogen) atoms. The van der Waals surface area contributed by atoms with Gasteiger partial charge in [0.15, 0.2) is 0 Å². The molecule has 1 saturated heterocycles. The zero-order chi connectivity index (χ0) is 15.7. The molecule has 1 aliphatic heterocycles. The van der Waals surface area contributed by atoms with Crippen LogP contribution < -0.4 is 10.0 Å². The van der Waals surface area contributed by atoms with E-state index in [4.69, 9.17) is 23.2 Å². The van der Waals surface area contributed by atoms with Gasteiger partial charge in [0.25, 0.3) is 0 Å². The summed E-state index contributed by atoms with van der Waals surface area (Å²) in [5.41, 5.74) is -0.162. The fraction of sp³-hybridized carbons (Fsp3) is 0.538. The van der Waals surface area contributed by atoms with Crippen LogP contribution in [-0.2, 0) is 10.0 Å². The van der Waals surface area contributed by atoms with Crippen LogP contribution in [0.15, 0.2) is 17.0 Å². The van der Waals surface area contributed by atoms with Crippen LogP contribution >= 0.6 is 35.6 Å². The van der Waals surface area contributed by atoms with Crippen molar-refractivity contribution in [3.63, 3.8) is 0 Å². The Morgan fingerprint density at radius 1 is 1.36 bits per heavy atom. The summed E-state index contributed by atoms with van der Waals surface area (Å²) in [6.45, 7) is 3.96. The summed E-state index contributed by atoms with van der Waals surface area (Å²) in [6, 6.07) is 1.87. The minimum atomic E-state index is -3.88. The maximum atomic E-state index is 13.1. The monoisotopic (exact) mass is 390 g/mol. The molecule has 1 atom stereocenters. The van der Waals surface area contributed by atoms with Crippen molar-refractivity contribution in [2.45, 2.75) is 24.7 Å². The number of sulfonamides is 1. The predicted octanol–water partition coefficient (Wildman–Crippen LogP) is 3.22. The number of rotatable bonds is 4. The van der Waals surface area contributed by atoms with E-state index in [1.165, 1.54) is 0 Å². The van der Waals surface area contributed by atoms with E-state index in [9.17, 15) is 12.8 Å². The molecule has 1 aromatic rings. The number of hydrogen-bond donors (Lipinski definition) is 2. The summed E-state index contributed by atoms with van der Waals surface area (Å²) in [5, 5.41) is 2.80. The van der Waals surface area contributed by atoms with E-state index in [1.54, 1.807) is 0 Å². The van der Waals surface area contributed by atoms with Crippen LogP contribution in [0.5, 0.6) is 0 Å². The van der Waals surface area contributed by atoms with Gasteiger partial charge < -0.3 is 5.32 Å². The normalized spacial score (nSPS) is 22.2. The fourth-order valence-corrected chi connectivity index (χ4v) is 4.78. The first kappa shape index (κ1) is 19.9. The number of piperidine rings is 1. The molecule has 1 unspecified atom stereocenters. The van der Waals surface area contributed by atoms with Crippen molar-refractivity contribution in [2.75, 3.05) is 19.6 Å². The maximum absolute atomic E-state index is 13.1. The molecule has 1 aromatic carbocycles. The zero-order valence-electron chi connectivity index (χ0n) is 12.0. The highest BCUT2D eigenvalue weighted by atomic mass is 35.5. The first-order valence-corrected chi connectivity index (χ1v) is 8.82. The topological polar surface area (TPSA) is 58.2 Å². The van der Waals surface area contributed by atoms with E-state index < -0.39 is 15.8 Å². The molecule has 1 heterocycles. The van der Waals surface area contributed by atoms with E-state index in [0.29, 0.717) is 0 Å². The summed E-state index contributed by atoms with van der Waals surface area (Å²) in [4.78, 5) is -0.278. The van der Waals surface area contributed by atoms with Crippen molar-refractivity contribution >= 4 is 45.6 Å². The average Bonchev–Trinajstić information content (AvgIpc) is 2.36. The zero-order valence-corrected chi connectivity index (χ0v) is 15.1. The van der Waals surface area contributed by atoms with E-state index in [0.717, 1.165) is 38.1 Å².